The first-order chi connectivity index (χ1) is 8.13. The van der Waals surface area contributed by atoms with Gasteiger partial charge >= 0.3 is 5.97 Å². The lowest BCUT2D eigenvalue weighted by atomic mass is 10.2. The molecule has 0 fully saturated rings. The fourth-order valence-electron chi connectivity index (χ4n) is 1.17. The SMILES string of the molecule is C=CC(=O)OCCCOc1ccc(N)cc1N. The second kappa shape index (κ2) is 6.42. The molecule has 0 atom stereocenters. The number of benzene rings is 1. The van der Waals surface area contributed by atoms with E-state index in [1.54, 1.807) is 18.2 Å². The van der Waals surface area contributed by atoms with Gasteiger partial charge in [0.25, 0.3) is 0 Å². The van der Waals surface area contributed by atoms with Gasteiger partial charge in [0.05, 0.1) is 18.9 Å². The fraction of sp³-hybridized carbons (Fsp3) is 0.250. The standard InChI is InChI=1S/C12H16N2O3/c1-2-12(15)17-7-3-6-16-11-5-4-9(13)8-10(11)14/h2,4-5,8H,1,3,6-7,13-14H2. The minimum atomic E-state index is -0.433. The van der Waals surface area contributed by atoms with Crippen LogP contribution in [0.4, 0.5) is 11.4 Å². The molecule has 0 aliphatic carbocycles. The molecule has 5 heteroatoms. The number of anilines is 2. The van der Waals surface area contributed by atoms with Crippen LogP contribution in [-0.4, -0.2) is 19.2 Å². The van der Waals surface area contributed by atoms with Crippen molar-refractivity contribution in [3.8, 4) is 5.75 Å². The molecule has 0 amide bonds. The normalized spacial score (nSPS) is 9.65. The van der Waals surface area contributed by atoms with Gasteiger partial charge in [0.1, 0.15) is 5.75 Å². The first-order valence-corrected chi connectivity index (χ1v) is 5.20. The van der Waals surface area contributed by atoms with E-state index < -0.39 is 5.97 Å². The lowest BCUT2D eigenvalue weighted by Gasteiger charge is -2.09. The summed E-state index contributed by atoms with van der Waals surface area (Å²) in [5.41, 5.74) is 12.3. The monoisotopic (exact) mass is 236 g/mol. The maximum absolute atomic E-state index is 10.7. The number of nitrogen functional groups attached to an aromatic ring is 2. The highest BCUT2D eigenvalue weighted by Gasteiger charge is 2.01. The molecule has 0 aliphatic heterocycles. The minimum Gasteiger partial charge on any atom is -0.491 e. The topological polar surface area (TPSA) is 87.6 Å². The maximum atomic E-state index is 10.7. The molecule has 0 unspecified atom stereocenters. The molecule has 1 aromatic carbocycles. The van der Waals surface area contributed by atoms with Crippen molar-refractivity contribution in [2.45, 2.75) is 6.42 Å². The van der Waals surface area contributed by atoms with Crippen LogP contribution >= 0.6 is 0 Å². The Morgan fingerprint density at radius 2 is 2.12 bits per heavy atom. The number of rotatable bonds is 6. The molecule has 0 spiro atoms. The number of hydrogen-bond donors (Lipinski definition) is 2. The third kappa shape index (κ3) is 4.46. The van der Waals surface area contributed by atoms with Crippen molar-refractivity contribution in [1.29, 1.82) is 0 Å². The van der Waals surface area contributed by atoms with Crippen LogP contribution in [0.1, 0.15) is 6.42 Å². The summed E-state index contributed by atoms with van der Waals surface area (Å²) in [6, 6.07) is 5.05. The minimum absolute atomic E-state index is 0.291. The van der Waals surface area contributed by atoms with Gasteiger partial charge in [-0.2, -0.15) is 0 Å². The number of esters is 1. The summed E-state index contributed by atoms with van der Waals surface area (Å²) in [4.78, 5) is 10.7. The quantitative estimate of drug-likeness (QED) is 0.337. The number of carbonyl (C=O) groups is 1. The zero-order valence-corrected chi connectivity index (χ0v) is 9.52. The van der Waals surface area contributed by atoms with Gasteiger partial charge < -0.3 is 20.9 Å². The van der Waals surface area contributed by atoms with Crippen molar-refractivity contribution < 1.29 is 14.3 Å². The van der Waals surface area contributed by atoms with E-state index in [0.717, 1.165) is 6.08 Å². The van der Waals surface area contributed by atoms with Crippen LogP contribution in [0, 0.1) is 0 Å². The Bertz CT molecular complexity index is 405. The molecule has 0 aliphatic rings. The first-order valence-electron chi connectivity index (χ1n) is 5.20. The molecule has 0 radical (unpaired) electrons. The Hall–Kier alpha value is -2.17. The molecular weight excluding hydrogens is 220 g/mol. The number of carbonyl (C=O) groups excluding carboxylic acids is 1. The Morgan fingerprint density at radius 3 is 2.76 bits per heavy atom. The first kappa shape index (κ1) is 12.9. The van der Waals surface area contributed by atoms with Gasteiger partial charge in [-0.1, -0.05) is 6.58 Å². The van der Waals surface area contributed by atoms with Gasteiger partial charge in [0.2, 0.25) is 0 Å². The second-order valence-electron chi connectivity index (χ2n) is 3.37. The summed E-state index contributed by atoms with van der Waals surface area (Å²) in [5.74, 6) is 0.145. The Labute approximate surface area is 100.0 Å². The molecule has 0 saturated carbocycles. The molecule has 17 heavy (non-hydrogen) atoms. The summed E-state index contributed by atoms with van der Waals surface area (Å²) in [6.45, 7) is 4.00. The number of nitrogens with two attached hydrogens (primary N) is 2. The Kier molecular flexibility index (Phi) is 4.87. The molecule has 0 aromatic heterocycles. The number of hydrogen-bond acceptors (Lipinski definition) is 5. The molecule has 1 aromatic rings. The molecule has 0 saturated heterocycles. The largest absolute Gasteiger partial charge is 0.491 e. The van der Waals surface area contributed by atoms with Crippen LogP contribution in [0.5, 0.6) is 5.75 Å². The molecule has 0 heterocycles. The van der Waals surface area contributed by atoms with Crippen LogP contribution in [-0.2, 0) is 9.53 Å². The highest BCUT2D eigenvalue weighted by Crippen LogP contribution is 2.23. The predicted molar refractivity (Wildman–Crippen MR) is 66.5 cm³/mol. The Morgan fingerprint density at radius 1 is 1.35 bits per heavy atom. The van der Waals surface area contributed by atoms with E-state index in [0.29, 0.717) is 36.8 Å². The summed E-state index contributed by atoms with van der Waals surface area (Å²) in [5, 5.41) is 0. The van der Waals surface area contributed by atoms with E-state index in [1.807, 2.05) is 0 Å². The molecule has 1 rings (SSSR count). The smallest absolute Gasteiger partial charge is 0.330 e. The highest BCUT2D eigenvalue weighted by atomic mass is 16.5. The third-order valence-corrected chi connectivity index (χ3v) is 1.99. The van der Waals surface area contributed by atoms with Crippen LogP contribution in [0.2, 0.25) is 0 Å². The van der Waals surface area contributed by atoms with Gasteiger partial charge in [0, 0.05) is 18.2 Å². The van der Waals surface area contributed by atoms with Crippen LogP contribution in [0.3, 0.4) is 0 Å². The van der Waals surface area contributed by atoms with Crippen molar-refractivity contribution >= 4 is 17.3 Å². The van der Waals surface area contributed by atoms with Gasteiger partial charge in [-0.3, -0.25) is 0 Å². The lowest BCUT2D eigenvalue weighted by molar-refractivity contribution is -0.137. The van der Waals surface area contributed by atoms with E-state index in [9.17, 15) is 4.79 Å². The maximum Gasteiger partial charge on any atom is 0.330 e. The van der Waals surface area contributed by atoms with Gasteiger partial charge in [-0.05, 0) is 18.2 Å². The van der Waals surface area contributed by atoms with Crippen LogP contribution in [0.25, 0.3) is 0 Å². The van der Waals surface area contributed by atoms with Crippen LogP contribution in [0.15, 0.2) is 30.9 Å². The Balaban J connectivity index is 2.26. The molecule has 5 nitrogen and oxygen atoms in total. The van der Waals surface area contributed by atoms with Gasteiger partial charge in [-0.15, -0.1) is 0 Å². The molecular formula is C12H16N2O3. The summed E-state index contributed by atoms with van der Waals surface area (Å²) < 4.78 is 10.2. The van der Waals surface area contributed by atoms with Gasteiger partial charge in [0.15, 0.2) is 0 Å². The predicted octanol–water partition coefficient (Wildman–Crippen LogP) is 1.35. The average Bonchev–Trinajstić information content (AvgIpc) is 2.30. The van der Waals surface area contributed by atoms with E-state index in [4.69, 9.17) is 20.9 Å². The molecule has 0 bridgehead atoms. The third-order valence-electron chi connectivity index (χ3n) is 1.99. The van der Waals surface area contributed by atoms with E-state index in [2.05, 4.69) is 6.58 Å². The zero-order chi connectivity index (χ0) is 12.7. The summed E-state index contributed by atoms with van der Waals surface area (Å²) in [6.07, 6.45) is 1.71. The fourth-order valence-corrected chi connectivity index (χ4v) is 1.17. The van der Waals surface area contributed by atoms with Crippen LogP contribution < -0.4 is 16.2 Å². The zero-order valence-electron chi connectivity index (χ0n) is 9.52. The van der Waals surface area contributed by atoms with Crippen molar-refractivity contribution in [3.05, 3.63) is 30.9 Å². The van der Waals surface area contributed by atoms with E-state index >= 15 is 0 Å². The lowest BCUT2D eigenvalue weighted by Crippen LogP contribution is -2.07. The molecule has 92 valence electrons. The van der Waals surface area contributed by atoms with Crippen molar-refractivity contribution in [2.24, 2.45) is 0 Å². The van der Waals surface area contributed by atoms with E-state index in [1.165, 1.54) is 0 Å². The summed E-state index contributed by atoms with van der Waals surface area (Å²) in [7, 11) is 0. The number of ether oxygens (including phenoxy) is 2. The van der Waals surface area contributed by atoms with Gasteiger partial charge in [-0.25, -0.2) is 4.79 Å². The van der Waals surface area contributed by atoms with Crippen molar-refractivity contribution in [2.75, 3.05) is 24.7 Å². The van der Waals surface area contributed by atoms with Crippen molar-refractivity contribution in [1.82, 2.24) is 0 Å². The van der Waals surface area contributed by atoms with Crippen molar-refractivity contribution in [3.63, 3.8) is 0 Å². The second-order valence-corrected chi connectivity index (χ2v) is 3.37. The highest BCUT2D eigenvalue weighted by molar-refractivity contribution is 5.81. The summed E-state index contributed by atoms with van der Waals surface area (Å²) >= 11 is 0. The van der Waals surface area contributed by atoms with E-state index in [-0.39, 0.29) is 0 Å². The average molecular weight is 236 g/mol. The molecule has 4 N–H and O–H groups in total.